The van der Waals surface area contributed by atoms with Crippen molar-refractivity contribution in [2.75, 3.05) is 6.61 Å². The standard InChI is InChI=1S/C19H15BrClNO3S/c1-2-25-16-7-6-12(9-15(16)20)10-17-18(23)22(19(24)26-17)11-13-4-3-5-14(21)8-13/h3-10H,2,11H2,1H3/b17-10-. The number of nitrogens with zero attached hydrogens (tertiary/aromatic N) is 1. The predicted molar refractivity (Wildman–Crippen MR) is 108 cm³/mol. The Morgan fingerprint density at radius 3 is 2.73 bits per heavy atom. The molecule has 1 saturated heterocycles. The Labute approximate surface area is 169 Å². The summed E-state index contributed by atoms with van der Waals surface area (Å²) in [5.41, 5.74) is 1.62. The first-order valence-corrected chi connectivity index (χ1v) is 9.89. The summed E-state index contributed by atoms with van der Waals surface area (Å²) in [4.78, 5) is 26.5. The average molecular weight is 453 g/mol. The van der Waals surface area contributed by atoms with Crippen molar-refractivity contribution in [2.45, 2.75) is 13.5 Å². The van der Waals surface area contributed by atoms with Gasteiger partial charge in [-0.2, -0.15) is 0 Å². The molecule has 4 nitrogen and oxygen atoms in total. The lowest BCUT2D eigenvalue weighted by Gasteiger charge is -2.12. The van der Waals surface area contributed by atoms with E-state index in [1.807, 2.05) is 31.2 Å². The predicted octanol–water partition coefficient (Wildman–Crippen LogP) is 5.74. The second-order valence-electron chi connectivity index (χ2n) is 5.52. The van der Waals surface area contributed by atoms with Crippen LogP contribution in [-0.4, -0.2) is 22.7 Å². The number of benzene rings is 2. The monoisotopic (exact) mass is 451 g/mol. The lowest BCUT2D eigenvalue weighted by molar-refractivity contribution is -0.123. The number of halogens is 2. The van der Waals surface area contributed by atoms with Crippen LogP contribution in [0.1, 0.15) is 18.1 Å². The molecule has 0 N–H and O–H groups in total. The van der Waals surface area contributed by atoms with E-state index in [2.05, 4.69) is 15.9 Å². The van der Waals surface area contributed by atoms with Gasteiger partial charge in [0.25, 0.3) is 11.1 Å². The number of hydrogen-bond donors (Lipinski definition) is 0. The summed E-state index contributed by atoms with van der Waals surface area (Å²) in [6.45, 7) is 2.69. The van der Waals surface area contributed by atoms with E-state index in [1.165, 1.54) is 4.90 Å². The lowest BCUT2D eigenvalue weighted by Crippen LogP contribution is -2.27. The summed E-state index contributed by atoms with van der Waals surface area (Å²) in [5.74, 6) is 0.434. The van der Waals surface area contributed by atoms with Crippen LogP contribution in [0.15, 0.2) is 51.8 Å². The maximum absolute atomic E-state index is 12.6. The van der Waals surface area contributed by atoms with Crippen molar-refractivity contribution >= 4 is 56.5 Å². The molecule has 2 aromatic carbocycles. The fourth-order valence-electron chi connectivity index (χ4n) is 2.48. The van der Waals surface area contributed by atoms with E-state index in [4.69, 9.17) is 16.3 Å². The molecule has 0 spiro atoms. The first kappa shape index (κ1) is 19.0. The highest BCUT2D eigenvalue weighted by molar-refractivity contribution is 9.10. The molecule has 1 fully saturated rings. The lowest BCUT2D eigenvalue weighted by atomic mass is 10.2. The fraction of sp³-hybridized carbons (Fsp3) is 0.158. The zero-order valence-electron chi connectivity index (χ0n) is 13.9. The van der Waals surface area contributed by atoms with Crippen LogP contribution in [0.25, 0.3) is 6.08 Å². The van der Waals surface area contributed by atoms with Gasteiger partial charge in [0.15, 0.2) is 0 Å². The van der Waals surface area contributed by atoms with Crippen LogP contribution < -0.4 is 4.74 Å². The molecule has 2 amide bonds. The van der Waals surface area contributed by atoms with E-state index >= 15 is 0 Å². The van der Waals surface area contributed by atoms with Gasteiger partial charge >= 0.3 is 0 Å². The molecular weight excluding hydrogens is 438 g/mol. The molecule has 0 atom stereocenters. The largest absolute Gasteiger partial charge is 0.493 e. The van der Waals surface area contributed by atoms with E-state index in [-0.39, 0.29) is 17.7 Å². The number of carbonyl (C=O) groups excluding carboxylic acids is 2. The van der Waals surface area contributed by atoms with Crippen molar-refractivity contribution in [3.63, 3.8) is 0 Å². The third-order valence-electron chi connectivity index (χ3n) is 3.66. The summed E-state index contributed by atoms with van der Waals surface area (Å²) in [6.07, 6.45) is 1.71. The topological polar surface area (TPSA) is 46.6 Å². The Kier molecular flexibility index (Phi) is 6.06. The van der Waals surface area contributed by atoms with Crippen molar-refractivity contribution in [2.24, 2.45) is 0 Å². The van der Waals surface area contributed by atoms with E-state index < -0.39 is 0 Å². The molecule has 0 bridgehead atoms. The quantitative estimate of drug-likeness (QED) is 0.543. The second-order valence-corrected chi connectivity index (χ2v) is 7.80. The molecule has 7 heteroatoms. The van der Waals surface area contributed by atoms with Crippen LogP contribution in [0.2, 0.25) is 5.02 Å². The molecular formula is C19H15BrClNO3S. The van der Waals surface area contributed by atoms with Crippen LogP contribution >= 0.6 is 39.3 Å². The molecule has 0 aliphatic carbocycles. The van der Waals surface area contributed by atoms with Gasteiger partial charge in [-0.05, 0) is 76.1 Å². The van der Waals surface area contributed by atoms with Crippen LogP contribution in [0.3, 0.4) is 0 Å². The molecule has 2 aromatic rings. The minimum Gasteiger partial charge on any atom is -0.493 e. The highest BCUT2D eigenvalue weighted by atomic mass is 79.9. The average Bonchev–Trinajstić information content (AvgIpc) is 2.85. The van der Waals surface area contributed by atoms with Crippen LogP contribution in [-0.2, 0) is 11.3 Å². The fourth-order valence-corrected chi connectivity index (χ4v) is 4.05. The smallest absolute Gasteiger partial charge is 0.293 e. The molecule has 26 heavy (non-hydrogen) atoms. The van der Waals surface area contributed by atoms with E-state index in [1.54, 1.807) is 24.3 Å². The summed E-state index contributed by atoms with van der Waals surface area (Å²) in [6, 6.07) is 12.7. The first-order valence-electron chi connectivity index (χ1n) is 7.90. The number of carbonyl (C=O) groups is 2. The number of thioether (sulfide) groups is 1. The summed E-state index contributed by atoms with van der Waals surface area (Å²) in [7, 11) is 0. The van der Waals surface area contributed by atoms with Crippen molar-refractivity contribution in [3.05, 3.63) is 68.0 Å². The first-order chi connectivity index (χ1) is 12.5. The molecule has 0 aromatic heterocycles. The van der Waals surface area contributed by atoms with Crippen molar-refractivity contribution in [1.82, 2.24) is 4.90 Å². The van der Waals surface area contributed by atoms with E-state index in [9.17, 15) is 9.59 Å². The number of ether oxygens (including phenoxy) is 1. The Bertz CT molecular complexity index is 900. The molecule has 0 saturated carbocycles. The summed E-state index contributed by atoms with van der Waals surface area (Å²) >= 11 is 10.4. The second kappa shape index (κ2) is 8.29. The Hall–Kier alpha value is -1.76. The number of imide groups is 1. The van der Waals surface area contributed by atoms with E-state index in [0.717, 1.165) is 33.1 Å². The van der Waals surface area contributed by atoms with E-state index in [0.29, 0.717) is 16.5 Å². The number of amides is 2. The Balaban J connectivity index is 1.80. The Morgan fingerprint density at radius 2 is 2.04 bits per heavy atom. The highest BCUT2D eigenvalue weighted by Crippen LogP contribution is 2.34. The minimum atomic E-state index is -0.301. The minimum absolute atomic E-state index is 0.204. The molecule has 1 aliphatic rings. The maximum Gasteiger partial charge on any atom is 0.293 e. The zero-order chi connectivity index (χ0) is 18.7. The normalized spacial score (nSPS) is 15.8. The third kappa shape index (κ3) is 4.31. The highest BCUT2D eigenvalue weighted by Gasteiger charge is 2.35. The molecule has 1 heterocycles. The van der Waals surface area contributed by atoms with Gasteiger partial charge in [-0.15, -0.1) is 0 Å². The third-order valence-corrected chi connectivity index (χ3v) is 5.42. The van der Waals surface area contributed by atoms with Crippen molar-refractivity contribution in [1.29, 1.82) is 0 Å². The SMILES string of the molecule is CCOc1ccc(/C=C2\SC(=O)N(Cc3cccc(Cl)c3)C2=O)cc1Br. The molecule has 1 aliphatic heterocycles. The molecule has 0 unspecified atom stereocenters. The maximum atomic E-state index is 12.6. The summed E-state index contributed by atoms with van der Waals surface area (Å²) < 4.78 is 6.28. The summed E-state index contributed by atoms with van der Waals surface area (Å²) in [5, 5.41) is 0.287. The number of rotatable bonds is 5. The number of hydrogen-bond acceptors (Lipinski definition) is 4. The van der Waals surface area contributed by atoms with Gasteiger partial charge in [0, 0.05) is 5.02 Å². The van der Waals surface area contributed by atoms with Gasteiger partial charge in [0.2, 0.25) is 0 Å². The van der Waals surface area contributed by atoms with Gasteiger partial charge < -0.3 is 4.74 Å². The van der Waals surface area contributed by atoms with Gasteiger partial charge in [0.1, 0.15) is 5.75 Å². The van der Waals surface area contributed by atoms with Gasteiger partial charge in [-0.1, -0.05) is 29.8 Å². The molecule has 3 rings (SSSR count). The zero-order valence-corrected chi connectivity index (χ0v) is 17.0. The van der Waals surface area contributed by atoms with Crippen molar-refractivity contribution < 1.29 is 14.3 Å². The van der Waals surface area contributed by atoms with Crippen LogP contribution in [0.5, 0.6) is 5.75 Å². The van der Waals surface area contributed by atoms with Crippen LogP contribution in [0, 0.1) is 0 Å². The van der Waals surface area contributed by atoms with Gasteiger partial charge in [0.05, 0.1) is 22.5 Å². The van der Waals surface area contributed by atoms with Crippen molar-refractivity contribution in [3.8, 4) is 5.75 Å². The molecule has 134 valence electrons. The van der Waals surface area contributed by atoms with Gasteiger partial charge in [-0.25, -0.2) is 0 Å². The Morgan fingerprint density at radius 1 is 1.23 bits per heavy atom. The van der Waals surface area contributed by atoms with Crippen LogP contribution in [0.4, 0.5) is 4.79 Å². The molecule has 0 radical (unpaired) electrons. The van der Waals surface area contributed by atoms with Gasteiger partial charge in [-0.3, -0.25) is 14.5 Å².